The zero-order valence-corrected chi connectivity index (χ0v) is 19.5. The number of hydrogen-bond acceptors (Lipinski definition) is 8. The standard InChI is InChI=1S/C23H26N8OS/c1-14-27-22(29(2)28-14)15-4-6-16(7-5-15)30-10-3-11-31(13-12-30)17-8-9-26-23-18(17)19(24)20(33-23)21(25)32/h4-9H,3,10-13,24H2,1-2H3,(H2,25,32). The van der Waals surface area contributed by atoms with E-state index in [2.05, 4.69) is 49.1 Å². The summed E-state index contributed by atoms with van der Waals surface area (Å²) in [4.78, 5) is 26.5. The molecule has 4 aromatic rings. The largest absolute Gasteiger partial charge is 0.397 e. The molecule has 0 atom stereocenters. The van der Waals surface area contributed by atoms with Crippen molar-refractivity contribution < 1.29 is 4.79 Å². The number of aromatic nitrogens is 4. The Kier molecular flexibility index (Phi) is 5.37. The molecule has 0 saturated carbocycles. The number of rotatable bonds is 4. The van der Waals surface area contributed by atoms with Gasteiger partial charge in [-0.2, -0.15) is 5.10 Å². The monoisotopic (exact) mass is 462 g/mol. The number of aryl methyl sites for hydroxylation is 2. The molecule has 0 radical (unpaired) electrons. The summed E-state index contributed by atoms with van der Waals surface area (Å²) >= 11 is 1.26. The summed E-state index contributed by atoms with van der Waals surface area (Å²) in [5.41, 5.74) is 15.5. The molecule has 1 saturated heterocycles. The zero-order valence-electron chi connectivity index (χ0n) is 18.7. The van der Waals surface area contributed by atoms with Crippen molar-refractivity contribution in [1.82, 2.24) is 19.7 Å². The van der Waals surface area contributed by atoms with E-state index >= 15 is 0 Å². The summed E-state index contributed by atoms with van der Waals surface area (Å²) in [6.45, 7) is 5.46. The number of primary amides is 1. The first kappa shape index (κ1) is 21.2. The van der Waals surface area contributed by atoms with Crippen molar-refractivity contribution in [3.05, 3.63) is 47.2 Å². The van der Waals surface area contributed by atoms with Crippen LogP contribution in [0, 0.1) is 6.92 Å². The van der Waals surface area contributed by atoms with E-state index in [1.807, 2.05) is 24.7 Å². The van der Waals surface area contributed by atoms with E-state index in [4.69, 9.17) is 11.5 Å². The van der Waals surface area contributed by atoms with Crippen LogP contribution in [0.15, 0.2) is 36.5 Å². The normalized spacial score (nSPS) is 14.6. The number of benzene rings is 1. The summed E-state index contributed by atoms with van der Waals surface area (Å²) in [5, 5.41) is 5.17. The van der Waals surface area contributed by atoms with Crippen molar-refractivity contribution in [2.24, 2.45) is 12.8 Å². The minimum Gasteiger partial charge on any atom is -0.397 e. The van der Waals surface area contributed by atoms with Gasteiger partial charge in [-0.3, -0.25) is 4.79 Å². The van der Waals surface area contributed by atoms with Gasteiger partial charge in [-0.1, -0.05) is 0 Å². The Hall–Kier alpha value is -3.66. The first-order chi connectivity index (χ1) is 15.9. The predicted molar refractivity (Wildman–Crippen MR) is 133 cm³/mol. The smallest absolute Gasteiger partial charge is 0.260 e. The summed E-state index contributed by atoms with van der Waals surface area (Å²) in [5.74, 6) is 1.12. The number of pyridine rings is 1. The Bertz CT molecular complexity index is 1330. The van der Waals surface area contributed by atoms with Crippen molar-refractivity contribution in [2.45, 2.75) is 13.3 Å². The van der Waals surface area contributed by atoms with Crippen LogP contribution in [-0.2, 0) is 7.05 Å². The molecule has 9 nitrogen and oxygen atoms in total. The highest BCUT2D eigenvalue weighted by molar-refractivity contribution is 7.21. The Morgan fingerprint density at radius 2 is 1.79 bits per heavy atom. The summed E-state index contributed by atoms with van der Waals surface area (Å²) < 4.78 is 1.81. The predicted octanol–water partition coefficient (Wildman–Crippen LogP) is 2.80. The fraction of sp³-hybridized carbons (Fsp3) is 0.304. The van der Waals surface area contributed by atoms with E-state index in [-0.39, 0.29) is 0 Å². The van der Waals surface area contributed by atoms with Gasteiger partial charge in [0.1, 0.15) is 15.5 Å². The van der Waals surface area contributed by atoms with Crippen molar-refractivity contribution in [3.63, 3.8) is 0 Å². The fourth-order valence-corrected chi connectivity index (χ4v) is 5.41. The van der Waals surface area contributed by atoms with E-state index in [9.17, 15) is 4.79 Å². The number of thiophene rings is 1. The van der Waals surface area contributed by atoms with Gasteiger partial charge in [0.15, 0.2) is 5.82 Å². The van der Waals surface area contributed by atoms with Gasteiger partial charge in [0.05, 0.1) is 16.8 Å². The molecular formula is C23H26N8OS. The highest BCUT2D eigenvalue weighted by atomic mass is 32.1. The summed E-state index contributed by atoms with van der Waals surface area (Å²) in [7, 11) is 1.91. The van der Waals surface area contributed by atoms with E-state index < -0.39 is 5.91 Å². The topological polar surface area (TPSA) is 119 Å². The lowest BCUT2D eigenvalue weighted by Crippen LogP contribution is -2.30. The number of carbonyl (C=O) groups excluding carboxylic acids is 1. The molecule has 4 N–H and O–H groups in total. The Labute approximate surface area is 195 Å². The maximum Gasteiger partial charge on any atom is 0.260 e. The van der Waals surface area contributed by atoms with Crippen LogP contribution in [0.2, 0.25) is 0 Å². The van der Waals surface area contributed by atoms with Crippen molar-refractivity contribution >= 4 is 44.5 Å². The molecule has 0 aliphatic carbocycles. The number of nitrogens with zero attached hydrogens (tertiary/aromatic N) is 6. The molecule has 1 amide bonds. The molecule has 1 aromatic carbocycles. The second-order valence-electron chi connectivity index (χ2n) is 8.20. The molecular weight excluding hydrogens is 436 g/mol. The molecule has 170 valence electrons. The molecule has 5 rings (SSSR count). The number of anilines is 3. The second-order valence-corrected chi connectivity index (χ2v) is 9.20. The van der Waals surface area contributed by atoms with E-state index in [1.54, 1.807) is 6.20 Å². The number of nitrogens with two attached hydrogens (primary N) is 2. The van der Waals surface area contributed by atoms with Crippen LogP contribution >= 0.6 is 11.3 Å². The van der Waals surface area contributed by atoms with Crippen molar-refractivity contribution in [3.8, 4) is 11.4 Å². The first-order valence-electron chi connectivity index (χ1n) is 10.9. The molecule has 0 bridgehead atoms. The lowest BCUT2D eigenvalue weighted by molar-refractivity contribution is 0.100. The molecule has 4 heterocycles. The second kappa shape index (κ2) is 8.36. The van der Waals surface area contributed by atoms with Gasteiger partial charge in [-0.05, 0) is 43.7 Å². The average molecular weight is 463 g/mol. The quantitative estimate of drug-likeness (QED) is 0.479. The molecule has 3 aromatic heterocycles. The molecule has 1 aliphatic heterocycles. The average Bonchev–Trinajstić information content (AvgIpc) is 3.21. The van der Waals surface area contributed by atoms with Gasteiger partial charge in [0, 0.05) is 50.7 Å². The maximum atomic E-state index is 11.8. The number of hydrogen-bond donors (Lipinski definition) is 2. The summed E-state index contributed by atoms with van der Waals surface area (Å²) in [6, 6.07) is 10.5. The molecule has 10 heteroatoms. The first-order valence-corrected chi connectivity index (χ1v) is 11.7. The Morgan fingerprint density at radius 1 is 1.06 bits per heavy atom. The van der Waals surface area contributed by atoms with E-state index in [0.29, 0.717) is 10.6 Å². The minimum atomic E-state index is -0.511. The molecule has 0 unspecified atom stereocenters. The maximum absolute atomic E-state index is 11.8. The lowest BCUT2D eigenvalue weighted by atomic mass is 10.2. The minimum absolute atomic E-state index is 0.375. The van der Waals surface area contributed by atoms with Crippen LogP contribution in [0.25, 0.3) is 21.6 Å². The van der Waals surface area contributed by atoms with Crippen molar-refractivity contribution in [2.75, 3.05) is 41.7 Å². The van der Waals surface area contributed by atoms with Crippen LogP contribution < -0.4 is 21.3 Å². The van der Waals surface area contributed by atoms with Crippen LogP contribution in [0.5, 0.6) is 0 Å². The Morgan fingerprint density at radius 3 is 2.48 bits per heavy atom. The molecule has 1 aliphatic rings. The number of amides is 1. The van der Waals surface area contributed by atoms with Crippen LogP contribution in [0.1, 0.15) is 21.9 Å². The lowest BCUT2D eigenvalue weighted by Gasteiger charge is -2.25. The number of nitrogen functional groups attached to an aromatic ring is 1. The van der Waals surface area contributed by atoms with Gasteiger partial charge in [0.25, 0.3) is 5.91 Å². The number of carbonyl (C=O) groups is 1. The van der Waals surface area contributed by atoms with Gasteiger partial charge >= 0.3 is 0 Å². The molecule has 0 spiro atoms. The van der Waals surface area contributed by atoms with E-state index in [0.717, 1.165) is 65.7 Å². The van der Waals surface area contributed by atoms with Gasteiger partial charge in [-0.15, -0.1) is 11.3 Å². The summed E-state index contributed by atoms with van der Waals surface area (Å²) in [6.07, 6.45) is 2.77. The van der Waals surface area contributed by atoms with Crippen LogP contribution in [0.3, 0.4) is 0 Å². The Balaban J connectivity index is 1.36. The third-order valence-corrected chi connectivity index (χ3v) is 7.15. The third kappa shape index (κ3) is 3.86. The van der Waals surface area contributed by atoms with Crippen LogP contribution in [-0.4, -0.2) is 51.8 Å². The highest BCUT2D eigenvalue weighted by Gasteiger charge is 2.22. The molecule has 1 fully saturated rings. The highest BCUT2D eigenvalue weighted by Crippen LogP contribution is 2.38. The SMILES string of the molecule is Cc1nc(-c2ccc(N3CCCN(c4ccnc5sc(C(N)=O)c(N)c45)CC3)cc2)n(C)n1. The molecule has 33 heavy (non-hydrogen) atoms. The zero-order chi connectivity index (χ0) is 23.1. The van der Waals surface area contributed by atoms with E-state index in [1.165, 1.54) is 17.0 Å². The van der Waals surface area contributed by atoms with Gasteiger partial charge in [-0.25, -0.2) is 14.6 Å². The van der Waals surface area contributed by atoms with Crippen LogP contribution in [0.4, 0.5) is 17.1 Å². The third-order valence-electron chi connectivity index (χ3n) is 6.03. The number of fused-ring (bicyclic) bond motifs is 1. The van der Waals surface area contributed by atoms with Gasteiger partial charge < -0.3 is 21.3 Å². The van der Waals surface area contributed by atoms with Crippen molar-refractivity contribution in [1.29, 1.82) is 0 Å². The fourth-order valence-electron chi connectivity index (χ4n) is 4.48. The van der Waals surface area contributed by atoms with Gasteiger partial charge in [0.2, 0.25) is 0 Å².